The van der Waals surface area contributed by atoms with Crippen LogP contribution in [-0.2, 0) is 16.0 Å². The number of ether oxygens (including phenoxy) is 3. The number of likely N-dealkylation sites (tertiary alicyclic amines) is 1. The molecule has 6 nitrogen and oxygen atoms in total. The molecule has 0 spiro atoms. The van der Waals surface area contributed by atoms with Crippen molar-refractivity contribution in [2.24, 2.45) is 0 Å². The zero-order valence-corrected chi connectivity index (χ0v) is 17.3. The van der Waals surface area contributed by atoms with Gasteiger partial charge in [0, 0.05) is 31.9 Å². The lowest BCUT2D eigenvalue weighted by molar-refractivity contribution is -0.00461. The fourth-order valence-electron chi connectivity index (χ4n) is 4.92. The molecule has 0 radical (unpaired) electrons. The van der Waals surface area contributed by atoms with Crippen molar-refractivity contribution in [3.05, 3.63) is 48.3 Å². The van der Waals surface area contributed by atoms with Crippen LogP contribution in [0.15, 0.2) is 36.8 Å². The average Bonchev–Trinajstić information content (AvgIpc) is 3.34. The maximum Gasteiger partial charge on any atom is 0.145 e. The largest absolute Gasteiger partial charge is 0.486 e. The molecule has 0 amide bonds. The number of hydrogen-bond acceptors (Lipinski definition) is 5. The Hall–Kier alpha value is -1.96. The minimum Gasteiger partial charge on any atom is -0.486 e. The summed E-state index contributed by atoms with van der Waals surface area (Å²) in [5.74, 6) is 0.369. The number of halogens is 1. The summed E-state index contributed by atoms with van der Waals surface area (Å²) in [5, 5.41) is 0. The number of rotatable bonds is 5. The van der Waals surface area contributed by atoms with Gasteiger partial charge in [0.25, 0.3) is 0 Å². The molecule has 2 aliphatic heterocycles. The topological polar surface area (TPSA) is 48.8 Å². The molecule has 0 N–H and O–H groups in total. The smallest absolute Gasteiger partial charge is 0.145 e. The second kappa shape index (κ2) is 9.04. The van der Waals surface area contributed by atoms with Crippen LogP contribution in [0.3, 0.4) is 0 Å². The molecule has 1 aliphatic carbocycles. The molecule has 30 heavy (non-hydrogen) atoms. The Labute approximate surface area is 176 Å². The molecule has 3 aliphatic rings. The van der Waals surface area contributed by atoms with Crippen LogP contribution < -0.4 is 4.74 Å². The molecule has 2 aromatic rings. The van der Waals surface area contributed by atoms with E-state index in [0.29, 0.717) is 25.0 Å². The lowest BCUT2D eigenvalue weighted by Crippen LogP contribution is -2.30. The summed E-state index contributed by atoms with van der Waals surface area (Å²) in [4.78, 5) is 6.84. The molecule has 2 saturated heterocycles. The highest BCUT2D eigenvalue weighted by molar-refractivity contribution is 5.22. The van der Waals surface area contributed by atoms with Gasteiger partial charge in [-0.05, 0) is 37.1 Å². The van der Waals surface area contributed by atoms with E-state index in [9.17, 15) is 4.39 Å². The predicted molar refractivity (Wildman–Crippen MR) is 110 cm³/mol. The van der Waals surface area contributed by atoms with Crippen LogP contribution in [-0.4, -0.2) is 59.1 Å². The molecular formula is C23H30FN3O3. The summed E-state index contributed by atoms with van der Waals surface area (Å²) >= 11 is 0. The van der Waals surface area contributed by atoms with Gasteiger partial charge in [-0.15, -0.1) is 0 Å². The first-order chi connectivity index (χ1) is 14.7. The third-order valence-corrected chi connectivity index (χ3v) is 6.50. The highest BCUT2D eigenvalue weighted by Crippen LogP contribution is 2.30. The van der Waals surface area contributed by atoms with Gasteiger partial charge < -0.3 is 18.8 Å². The average molecular weight is 416 g/mol. The van der Waals surface area contributed by atoms with Gasteiger partial charge >= 0.3 is 0 Å². The number of nitrogens with zero attached hydrogens (tertiary/aromatic N) is 3. The van der Waals surface area contributed by atoms with Crippen LogP contribution >= 0.6 is 0 Å². The molecule has 0 bridgehead atoms. The molecule has 5 rings (SSSR count). The van der Waals surface area contributed by atoms with Crippen molar-refractivity contribution in [1.29, 1.82) is 0 Å². The quantitative estimate of drug-likeness (QED) is 0.747. The molecule has 2 atom stereocenters. The Balaban J connectivity index is 1.15. The summed E-state index contributed by atoms with van der Waals surface area (Å²) in [6, 6.07) is 6.68. The lowest BCUT2D eigenvalue weighted by atomic mass is 9.95. The normalized spacial score (nSPS) is 26.4. The van der Waals surface area contributed by atoms with E-state index in [2.05, 4.69) is 14.5 Å². The van der Waals surface area contributed by atoms with Crippen molar-refractivity contribution < 1.29 is 18.6 Å². The molecule has 1 aromatic carbocycles. The fourth-order valence-corrected chi connectivity index (χ4v) is 4.92. The summed E-state index contributed by atoms with van der Waals surface area (Å²) in [6.45, 7) is 3.54. The first-order valence-corrected chi connectivity index (χ1v) is 11.1. The minimum absolute atomic E-state index is 0.0536. The Morgan fingerprint density at radius 2 is 1.70 bits per heavy atom. The van der Waals surface area contributed by atoms with E-state index < -0.39 is 0 Å². The molecule has 1 aromatic heterocycles. The molecule has 0 unspecified atom stereocenters. The first-order valence-electron chi connectivity index (χ1n) is 11.1. The van der Waals surface area contributed by atoms with Gasteiger partial charge in [-0.2, -0.15) is 0 Å². The minimum atomic E-state index is -0.268. The standard InChI is InChI=1S/C23H30FN3O3/c24-17-6-8-20(9-7-17)30-21-14-28-22-12-26(13-23(22)29-15-21)11-19-10-25-16-27(19)18-4-2-1-3-5-18/h6-10,16,18,21-23H,1-5,11-15H2/t22-,23-/m0/s1. The van der Waals surface area contributed by atoms with E-state index in [0.717, 1.165) is 19.6 Å². The van der Waals surface area contributed by atoms with E-state index in [1.54, 1.807) is 12.1 Å². The SMILES string of the molecule is Fc1ccc(OC2CO[C@H]3CN(Cc4cncn4C4CCCCC4)C[C@@H]3OC2)cc1. The molecule has 3 fully saturated rings. The van der Waals surface area contributed by atoms with Crippen LogP contribution in [0.1, 0.15) is 43.8 Å². The van der Waals surface area contributed by atoms with Crippen molar-refractivity contribution in [3.63, 3.8) is 0 Å². The van der Waals surface area contributed by atoms with E-state index in [-0.39, 0.29) is 24.1 Å². The summed E-state index contributed by atoms with van der Waals surface area (Å²) in [6.07, 6.45) is 10.5. The van der Waals surface area contributed by atoms with Gasteiger partial charge in [-0.3, -0.25) is 4.90 Å². The number of fused-ring (bicyclic) bond motifs is 1. The van der Waals surface area contributed by atoms with Crippen LogP contribution in [0.5, 0.6) is 5.75 Å². The van der Waals surface area contributed by atoms with E-state index >= 15 is 0 Å². The van der Waals surface area contributed by atoms with Crippen LogP contribution in [0.2, 0.25) is 0 Å². The number of benzene rings is 1. The second-order valence-electron chi connectivity index (χ2n) is 8.72. The van der Waals surface area contributed by atoms with Crippen molar-refractivity contribution in [3.8, 4) is 5.75 Å². The first kappa shape index (κ1) is 20.0. The Morgan fingerprint density at radius 3 is 2.40 bits per heavy atom. The van der Waals surface area contributed by atoms with Crippen LogP contribution in [0.4, 0.5) is 4.39 Å². The monoisotopic (exact) mass is 415 g/mol. The second-order valence-corrected chi connectivity index (χ2v) is 8.72. The van der Waals surface area contributed by atoms with Crippen LogP contribution in [0.25, 0.3) is 0 Å². The summed E-state index contributed by atoms with van der Waals surface area (Å²) in [7, 11) is 0. The Bertz CT molecular complexity index is 805. The zero-order chi connectivity index (χ0) is 20.3. The summed E-state index contributed by atoms with van der Waals surface area (Å²) < 4.78 is 33.7. The third-order valence-electron chi connectivity index (χ3n) is 6.50. The van der Waals surface area contributed by atoms with E-state index in [1.807, 2.05) is 12.5 Å². The highest BCUT2D eigenvalue weighted by atomic mass is 19.1. The number of imidazole rings is 1. The zero-order valence-electron chi connectivity index (χ0n) is 17.3. The third kappa shape index (κ3) is 4.53. The van der Waals surface area contributed by atoms with E-state index in [4.69, 9.17) is 14.2 Å². The molecular weight excluding hydrogens is 385 g/mol. The van der Waals surface area contributed by atoms with Crippen molar-refractivity contribution >= 4 is 0 Å². The Kier molecular flexibility index (Phi) is 6.02. The Morgan fingerprint density at radius 1 is 1.00 bits per heavy atom. The van der Waals surface area contributed by atoms with E-state index in [1.165, 1.54) is 49.9 Å². The van der Waals surface area contributed by atoms with Crippen molar-refractivity contribution in [2.45, 2.75) is 63.0 Å². The van der Waals surface area contributed by atoms with Gasteiger partial charge in [0.15, 0.2) is 0 Å². The molecule has 1 saturated carbocycles. The lowest BCUT2D eigenvalue weighted by Gasteiger charge is -2.26. The summed E-state index contributed by atoms with van der Waals surface area (Å²) in [5.41, 5.74) is 1.29. The predicted octanol–water partition coefficient (Wildman–Crippen LogP) is 3.57. The number of hydrogen-bond donors (Lipinski definition) is 0. The number of aromatic nitrogens is 2. The van der Waals surface area contributed by atoms with Crippen molar-refractivity contribution in [1.82, 2.24) is 14.5 Å². The molecule has 3 heterocycles. The molecule has 162 valence electrons. The highest BCUT2D eigenvalue weighted by Gasteiger charge is 2.38. The maximum atomic E-state index is 13.1. The van der Waals surface area contributed by atoms with Gasteiger partial charge in [0.05, 0.1) is 37.4 Å². The van der Waals surface area contributed by atoms with Crippen molar-refractivity contribution in [2.75, 3.05) is 26.3 Å². The van der Waals surface area contributed by atoms with Gasteiger partial charge in [-0.25, -0.2) is 9.37 Å². The van der Waals surface area contributed by atoms with Gasteiger partial charge in [0.2, 0.25) is 0 Å². The fraction of sp³-hybridized carbons (Fsp3) is 0.609. The van der Waals surface area contributed by atoms with Gasteiger partial charge in [0.1, 0.15) is 17.7 Å². The van der Waals surface area contributed by atoms with Gasteiger partial charge in [-0.1, -0.05) is 19.3 Å². The maximum absolute atomic E-state index is 13.1. The van der Waals surface area contributed by atoms with Crippen LogP contribution in [0, 0.1) is 5.82 Å². The molecule has 7 heteroatoms.